The number of carbonyl (C=O) groups excluding carboxylic acids is 1. The van der Waals surface area contributed by atoms with Crippen LogP contribution in [0, 0.1) is 22.2 Å². The van der Waals surface area contributed by atoms with Crippen LogP contribution in [0.15, 0.2) is 28.6 Å². The number of nitrogens with zero attached hydrogens (tertiary/aromatic N) is 1. The Morgan fingerprint density at radius 1 is 1.21 bits per heavy atom. The van der Waals surface area contributed by atoms with Crippen molar-refractivity contribution in [3.63, 3.8) is 0 Å². The molecule has 5 heteroatoms. The maximum Gasteiger partial charge on any atom is 0.509 e. The summed E-state index contributed by atoms with van der Waals surface area (Å²) in [5.74, 6) is 0.675. The molecular formula is C19H31NO4. The SMILES string of the molecule is CC(C)C(CC(C)(C)C)C1=CC(OC(=O)OC(C)(C)C)C(N=O)=C1. The second-order valence-electron chi connectivity index (χ2n) is 8.95. The Hall–Kier alpha value is -1.65. The predicted octanol–water partition coefficient (Wildman–Crippen LogP) is 5.61. The van der Waals surface area contributed by atoms with Crippen LogP contribution in [0.1, 0.15) is 61.8 Å². The fourth-order valence-corrected chi connectivity index (χ4v) is 2.74. The Morgan fingerprint density at radius 2 is 1.79 bits per heavy atom. The molecule has 5 nitrogen and oxygen atoms in total. The van der Waals surface area contributed by atoms with E-state index in [4.69, 9.17) is 9.47 Å². The number of nitroso groups, excluding NO2 is 1. The molecule has 0 fully saturated rings. The highest BCUT2D eigenvalue weighted by Crippen LogP contribution is 2.38. The summed E-state index contributed by atoms with van der Waals surface area (Å²) in [6.07, 6.45) is 2.97. The quantitative estimate of drug-likeness (QED) is 0.483. The van der Waals surface area contributed by atoms with Crippen molar-refractivity contribution in [3.8, 4) is 0 Å². The lowest BCUT2D eigenvalue weighted by Crippen LogP contribution is -2.27. The number of ether oxygens (including phenoxy) is 2. The van der Waals surface area contributed by atoms with Gasteiger partial charge in [-0.05, 0) is 67.3 Å². The van der Waals surface area contributed by atoms with E-state index in [0.29, 0.717) is 5.92 Å². The fraction of sp³-hybridized carbons (Fsp3) is 0.737. The first-order chi connectivity index (χ1) is 10.8. The van der Waals surface area contributed by atoms with Gasteiger partial charge in [0.2, 0.25) is 0 Å². The average molecular weight is 337 g/mol. The Bertz CT molecular complexity index is 533. The van der Waals surface area contributed by atoms with Crippen molar-refractivity contribution in [2.24, 2.45) is 22.4 Å². The predicted molar refractivity (Wildman–Crippen MR) is 95.5 cm³/mol. The highest BCUT2D eigenvalue weighted by molar-refractivity contribution is 5.62. The molecule has 0 N–H and O–H groups in total. The van der Waals surface area contributed by atoms with Gasteiger partial charge in [-0.2, -0.15) is 0 Å². The van der Waals surface area contributed by atoms with Crippen LogP contribution in [0.2, 0.25) is 0 Å². The lowest BCUT2D eigenvalue weighted by Gasteiger charge is -2.29. The molecule has 0 saturated carbocycles. The van der Waals surface area contributed by atoms with Crippen LogP contribution in [-0.2, 0) is 9.47 Å². The fourth-order valence-electron chi connectivity index (χ4n) is 2.74. The van der Waals surface area contributed by atoms with E-state index < -0.39 is 17.9 Å². The molecule has 2 unspecified atom stereocenters. The van der Waals surface area contributed by atoms with E-state index in [1.807, 2.05) is 6.08 Å². The van der Waals surface area contributed by atoms with E-state index in [0.717, 1.165) is 12.0 Å². The first-order valence-electron chi connectivity index (χ1n) is 8.48. The maximum atomic E-state index is 11.9. The minimum absolute atomic E-state index is 0.155. The van der Waals surface area contributed by atoms with Gasteiger partial charge in [0.05, 0.1) is 0 Å². The van der Waals surface area contributed by atoms with E-state index in [2.05, 4.69) is 39.8 Å². The summed E-state index contributed by atoms with van der Waals surface area (Å²) in [5, 5.41) is 3.03. The smallest absolute Gasteiger partial charge is 0.429 e. The highest BCUT2D eigenvalue weighted by atomic mass is 16.7. The summed E-state index contributed by atoms with van der Waals surface area (Å²) in [5.41, 5.74) is 0.731. The Morgan fingerprint density at radius 3 is 2.21 bits per heavy atom. The monoisotopic (exact) mass is 337 g/mol. The van der Waals surface area contributed by atoms with Crippen LogP contribution in [0.5, 0.6) is 0 Å². The molecule has 1 aliphatic rings. The molecule has 1 aliphatic carbocycles. The van der Waals surface area contributed by atoms with Gasteiger partial charge in [0.25, 0.3) is 0 Å². The summed E-state index contributed by atoms with van der Waals surface area (Å²) in [7, 11) is 0. The van der Waals surface area contributed by atoms with Gasteiger partial charge in [-0.25, -0.2) is 4.79 Å². The van der Waals surface area contributed by atoms with Gasteiger partial charge < -0.3 is 9.47 Å². The first-order valence-corrected chi connectivity index (χ1v) is 8.48. The minimum Gasteiger partial charge on any atom is -0.429 e. The topological polar surface area (TPSA) is 65.0 Å². The van der Waals surface area contributed by atoms with Gasteiger partial charge in [-0.15, -0.1) is 4.91 Å². The zero-order chi connectivity index (χ0) is 18.7. The molecule has 0 amide bonds. The first kappa shape index (κ1) is 20.4. The molecule has 0 spiro atoms. The molecule has 2 atom stereocenters. The van der Waals surface area contributed by atoms with Crippen LogP contribution in [-0.4, -0.2) is 17.9 Å². The number of carbonyl (C=O) groups is 1. The maximum absolute atomic E-state index is 11.9. The van der Waals surface area contributed by atoms with Crippen LogP contribution in [0.3, 0.4) is 0 Å². The molecule has 0 aromatic rings. The molecule has 1 rings (SSSR count). The Labute approximate surface area is 145 Å². The molecule has 0 aliphatic heterocycles. The molecule has 0 heterocycles. The van der Waals surface area contributed by atoms with Crippen molar-refractivity contribution >= 4 is 6.16 Å². The molecular weight excluding hydrogens is 306 g/mol. The molecule has 0 saturated heterocycles. The van der Waals surface area contributed by atoms with Crippen LogP contribution in [0.4, 0.5) is 4.79 Å². The van der Waals surface area contributed by atoms with E-state index in [1.54, 1.807) is 26.8 Å². The Kier molecular flexibility index (Phi) is 6.37. The highest BCUT2D eigenvalue weighted by Gasteiger charge is 2.32. The van der Waals surface area contributed by atoms with Crippen molar-refractivity contribution in [2.75, 3.05) is 0 Å². The third kappa shape index (κ3) is 6.46. The average Bonchev–Trinajstić information content (AvgIpc) is 2.74. The third-order valence-electron chi connectivity index (χ3n) is 3.73. The normalized spacial score (nSPS) is 19.6. The number of allylic oxidation sites excluding steroid dienone is 2. The zero-order valence-electron chi connectivity index (χ0n) is 16.2. The van der Waals surface area contributed by atoms with Crippen molar-refractivity contribution in [1.82, 2.24) is 0 Å². The summed E-state index contributed by atoms with van der Waals surface area (Å²) < 4.78 is 10.4. The second-order valence-corrected chi connectivity index (χ2v) is 8.95. The van der Waals surface area contributed by atoms with E-state index >= 15 is 0 Å². The van der Waals surface area contributed by atoms with Gasteiger partial charge in [0.1, 0.15) is 11.3 Å². The third-order valence-corrected chi connectivity index (χ3v) is 3.73. The van der Waals surface area contributed by atoms with Gasteiger partial charge in [0.15, 0.2) is 6.10 Å². The lowest BCUT2D eigenvalue weighted by atomic mass is 9.76. The summed E-state index contributed by atoms with van der Waals surface area (Å²) in [4.78, 5) is 23.0. The second kappa shape index (κ2) is 7.49. The minimum atomic E-state index is -0.795. The van der Waals surface area contributed by atoms with Gasteiger partial charge >= 0.3 is 6.16 Å². The van der Waals surface area contributed by atoms with Gasteiger partial charge in [0, 0.05) is 0 Å². The molecule has 0 radical (unpaired) electrons. The van der Waals surface area contributed by atoms with Crippen LogP contribution in [0.25, 0.3) is 0 Å². The standard InChI is InChI=1S/C19H31NO4/c1-12(2)14(11-18(3,4)5)13-9-15(20-22)16(10-13)23-17(21)24-19(6,7)8/h9-10,12,14,16H,11H2,1-8H3. The number of hydrogen-bond donors (Lipinski definition) is 0. The van der Waals surface area contributed by atoms with E-state index in [9.17, 15) is 9.70 Å². The lowest BCUT2D eigenvalue weighted by molar-refractivity contribution is -0.0130. The van der Waals surface area contributed by atoms with Crippen molar-refractivity contribution in [1.29, 1.82) is 0 Å². The van der Waals surface area contributed by atoms with Crippen LogP contribution >= 0.6 is 0 Å². The van der Waals surface area contributed by atoms with E-state index in [-0.39, 0.29) is 17.0 Å². The van der Waals surface area contributed by atoms with Gasteiger partial charge in [-0.1, -0.05) is 34.6 Å². The van der Waals surface area contributed by atoms with Gasteiger partial charge in [-0.3, -0.25) is 0 Å². The molecule has 0 bridgehead atoms. The van der Waals surface area contributed by atoms with Crippen LogP contribution < -0.4 is 0 Å². The molecule has 136 valence electrons. The summed E-state index contributed by atoms with van der Waals surface area (Å²) in [6.45, 7) is 16.2. The van der Waals surface area contributed by atoms with Crippen molar-refractivity contribution in [2.45, 2.75) is 73.5 Å². The zero-order valence-corrected chi connectivity index (χ0v) is 16.2. The number of hydrogen-bond acceptors (Lipinski definition) is 5. The van der Waals surface area contributed by atoms with Crippen molar-refractivity contribution in [3.05, 3.63) is 28.3 Å². The summed E-state index contributed by atoms with van der Waals surface area (Å²) in [6, 6.07) is 0. The number of rotatable bonds is 5. The van der Waals surface area contributed by atoms with E-state index in [1.165, 1.54) is 0 Å². The summed E-state index contributed by atoms with van der Waals surface area (Å²) >= 11 is 0. The van der Waals surface area contributed by atoms with Crippen molar-refractivity contribution < 1.29 is 14.3 Å². The largest absolute Gasteiger partial charge is 0.509 e. The molecule has 0 aromatic carbocycles. The molecule has 24 heavy (non-hydrogen) atoms. The Balaban J connectivity index is 2.95. The molecule has 0 aromatic heterocycles.